The third-order valence-electron chi connectivity index (χ3n) is 5.01. The number of rotatable bonds is 13. The monoisotopic (exact) mass is 483 g/mol. The van der Waals surface area contributed by atoms with Gasteiger partial charge < -0.3 is 20.5 Å². The Labute approximate surface area is 197 Å². The second-order valence-electron chi connectivity index (χ2n) is 7.91. The number of esters is 1. The van der Waals surface area contributed by atoms with Crippen LogP contribution in [0.5, 0.6) is 5.75 Å². The molecule has 0 saturated heterocycles. The predicted octanol–water partition coefficient (Wildman–Crippen LogP) is 1.45. The summed E-state index contributed by atoms with van der Waals surface area (Å²) in [4.78, 5) is 50.3. The fourth-order valence-electron chi connectivity index (χ4n) is 3.23. The van der Waals surface area contributed by atoms with Gasteiger partial charge in [0.2, 0.25) is 17.7 Å². The topological polar surface area (TPSA) is 154 Å². The van der Waals surface area contributed by atoms with E-state index in [9.17, 15) is 29.5 Å². The van der Waals surface area contributed by atoms with Gasteiger partial charge in [-0.1, -0.05) is 13.8 Å². The molecule has 0 aliphatic carbocycles. The number of hydrogen-bond acceptors (Lipinski definition) is 8. The molecule has 11 heteroatoms. The number of hydroxylamine groups is 1. The minimum atomic E-state index is -0.987. The van der Waals surface area contributed by atoms with Crippen LogP contribution in [0.15, 0.2) is 29.2 Å². The van der Waals surface area contributed by atoms with Crippen molar-refractivity contribution in [3.05, 3.63) is 24.3 Å². The SMILES string of the molecule is CNC(=O)[C@H](CCC(=O)OC)NC(=O)[C@H](CC(C)C)[C@H](CSc1ccc(O)cc1)C(=O)NO. The van der Waals surface area contributed by atoms with E-state index in [1.54, 1.807) is 17.6 Å². The van der Waals surface area contributed by atoms with Crippen LogP contribution in [0, 0.1) is 17.8 Å². The van der Waals surface area contributed by atoms with Crippen LogP contribution in [-0.4, -0.2) is 60.0 Å². The van der Waals surface area contributed by atoms with Crippen molar-refractivity contribution in [2.45, 2.75) is 44.0 Å². The lowest BCUT2D eigenvalue weighted by molar-refractivity contribution is -0.142. The molecule has 0 bridgehead atoms. The van der Waals surface area contributed by atoms with Gasteiger partial charge in [-0.25, -0.2) is 5.48 Å². The van der Waals surface area contributed by atoms with Crippen LogP contribution in [0.2, 0.25) is 0 Å². The maximum atomic E-state index is 13.2. The van der Waals surface area contributed by atoms with E-state index >= 15 is 0 Å². The van der Waals surface area contributed by atoms with Crippen LogP contribution in [0.25, 0.3) is 0 Å². The van der Waals surface area contributed by atoms with Gasteiger partial charge in [0.15, 0.2) is 0 Å². The first-order valence-corrected chi connectivity index (χ1v) is 11.6. The van der Waals surface area contributed by atoms with E-state index in [-0.39, 0.29) is 30.3 Å². The average Bonchev–Trinajstić information content (AvgIpc) is 2.80. The molecular weight excluding hydrogens is 450 g/mol. The largest absolute Gasteiger partial charge is 0.508 e. The second kappa shape index (κ2) is 14.4. The highest BCUT2D eigenvalue weighted by atomic mass is 32.2. The smallest absolute Gasteiger partial charge is 0.305 e. The third-order valence-corrected chi connectivity index (χ3v) is 6.14. The van der Waals surface area contributed by atoms with Crippen molar-refractivity contribution in [3.63, 3.8) is 0 Å². The number of benzene rings is 1. The molecule has 0 aliphatic rings. The van der Waals surface area contributed by atoms with Crippen molar-refractivity contribution in [3.8, 4) is 5.75 Å². The molecule has 3 amide bonds. The Kier molecular flexibility index (Phi) is 12.3. The number of nitrogens with one attached hydrogen (secondary N) is 3. The Morgan fingerprint density at radius 2 is 1.67 bits per heavy atom. The zero-order valence-corrected chi connectivity index (χ0v) is 20.1. The number of ether oxygens (including phenoxy) is 1. The molecule has 5 N–H and O–H groups in total. The molecule has 0 aromatic heterocycles. The lowest BCUT2D eigenvalue weighted by atomic mass is 9.84. The molecule has 1 rings (SSSR count). The molecule has 0 saturated carbocycles. The molecular formula is C22H33N3O7S. The van der Waals surface area contributed by atoms with Crippen molar-refractivity contribution < 1.29 is 34.2 Å². The van der Waals surface area contributed by atoms with Gasteiger partial charge in [0.05, 0.1) is 18.9 Å². The van der Waals surface area contributed by atoms with E-state index in [1.807, 2.05) is 13.8 Å². The van der Waals surface area contributed by atoms with E-state index in [0.717, 1.165) is 4.90 Å². The molecule has 0 radical (unpaired) electrons. The van der Waals surface area contributed by atoms with Crippen molar-refractivity contribution in [2.75, 3.05) is 19.9 Å². The molecule has 3 atom stereocenters. The average molecular weight is 484 g/mol. The second-order valence-corrected chi connectivity index (χ2v) is 9.01. The molecule has 0 heterocycles. The lowest BCUT2D eigenvalue weighted by Crippen LogP contribution is -2.51. The summed E-state index contributed by atoms with van der Waals surface area (Å²) in [6.45, 7) is 3.80. The first kappa shape index (κ1) is 28.2. The molecule has 33 heavy (non-hydrogen) atoms. The number of phenols is 1. The third kappa shape index (κ3) is 9.70. The zero-order chi connectivity index (χ0) is 25.0. The highest BCUT2D eigenvalue weighted by Crippen LogP contribution is 2.29. The standard InChI is InChI=1S/C22H33N3O7S/c1-13(2)11-16(20(28)24-18(22(30)23-3)9-10-19(27)32-4)17(21(29)25-31)12-33-15-7-5-14(26)6-8-15/h5-8,13,16-18,26,31H,9-12H2,1-4H3,(H,23,30)(H,24,28)(H,25,29)/t16-,17+,18+/m1/s1. The summed E-state index contributed by atoms with van der Waals surface area (Å²) in [5, 5.41) is 23.8. The number of hydrogen-bond donors (Lipinski definition) is 5. The molecule has 0 unspecified atom stereocenters. The number of amides is 3. The highest BCUT2D eigenvalue weighted by Gasteiger charge is 2.36. The zero-order valence-electron chi connectivity index (χ0n) is 19.3. The Balaban J connectivity index is 3.08. The minimum absolute atomic E-state index is 0.0333. The number of likely N-dealkylation sites (N-methyl/N-ethyl adjacent to an activating group) is 1. The summed E-state index contributed by atoms with van der Waals surface area (Å²) in [6, 6.07) is 5.40. The van der Waals surface area contributed by atoms with Crippen molar-refractivity contribution in [1.82, 2.24) is 16.1 Å². The van der Waals surface area contributed by atoms with Gasteiger partial charge in [-0.05, 0) is 43.0 Å². The number of phenolic OH excluding ortho intramolecular Hbond substituents is 1. The van der Waals surface area contributed by atoms with E-state index in [2.05, 4.69) is 15.4 Å². The van der Waals surface area contributed by atoms with E-state index in [0.29, 0.717) is 6.42 Å². The summed E-state index contributed by atoms with van der Waals surface area (Å²) >= 11 is 1.30. The van der Waals surface area contributed by atoms with Gasteiger partial charge in [-0.3, -0.25) is 24.4 Å². The fourth-order valence-corrected chi connectivity index (χ4v) is 4.32. The summed E-state index contributed by atoms with van der Waals surface area (Å²) in [7, 11) is 2.65. The maximum Gasteiger partial charge on any atom is 0.305 e. The van der Waals surface area contributed by atoms with Crippen LogP contribution in [0.3, 0.4) is 0 Å². The Bertz CT molecular complexity index is 802. The normalized spacial score (nSPS) is 13.5. The van der Waals surface area contributed by atoms with Gasteiger partial charge in [0.1, 0.15) is 11.8 Å². The predicted molar refractivity (Wildman–Crippen MR) is 122 cm³/mol. The van der Waals surface area contributed by atoms with Gasteiger partial charge in [-0.2, -0.15) is 0 Å². The molecule has 10 nitrogen and oxygen atoms in total. The number of methoxy groups -OCH3 is 1. The summed E-state index contributed by atoms with van der Waals surface area (Å²) < 4.78 is 4.60. The number of carbonyl (C=O) groups excluding carboxylic acids is 4. The molecule has 0 aliphatic heterocycles. The van der Waals surface area contributed by atoms with Crippen LogP contribution in [0.4, 0.5) is 0 Å². The van der Waals surface area contributed by atoms with Crippen molar-refractivity contribution in [1.29, 1.82) is 0 Å². The number of thioether (sulfide) groups is 1. The van der Waals surface area contributed by atoms with Crippen LogP contribution >= 0.6 is 11.8 Å². The van der Waals surface area contributed by atoms with Crippen LogP contribution in [-0.2, 0) is 23.9 Å². The van der Waals surface area contributed by atoms with Crippen LogP contribution < -0.4 is 16.1 Å². The Hall–Kier alpha value is -2.79. The van der Waals surface area contributed by atoms with Gasteiger partial charge >= 0.3 is 5.97 Å². The van der Waals surface area contributed by atoms with Gasteiger partial charge in [-0.15, -0.1) is 11.8 Å². The fraction of sp³-hybridized carbons (Fsp3) is 0.545. The molecule has 0 fully saturated rings. The summed E-state index contributed by atoms with van der Waals surface area (Å²) in [5.41, 5.74) is 1.64. The maximum absolute atomic E-state index is 13.2. The lowest BCUT2D eigenvalue weighted by Gasteiger charge is -2.28. The van der Waals surface area contributed by atoms with E-state index < -0.39 is 41.6 Å². The highest BCUT2D eigenvalue weighted by molar-refractivity contribution is 7.99. The quantitative estimate of drug-likeness (QED) is 0.122. The summed E-state index contributed by atoms with van der Waals surface area (Å²) in [5.74, 6) is -3.65. The van der Waals surface area contributed by atoms with Crippen LogP contribution in [0.1, 0.15) is 33.1 Å². The first-order chi connectivity index (χ1) is 15.6. The Morgan fingerprint density at radius 1 is 1.03 bits per heavy atom. The first-order valence-electron chi connectivity index (χ1n) is 10.6. The van der Waals surface area contributed by atoms with E-state index in [4.69, 9.17) is 0 Å². The van der Waals surface area contributed by atoms with Gasteiger partial charge in [0.25, 0.3) is 0 Å². The minimum Gasteiger partial charge on any atom is -0.508 e. The number of aromatic hydroxyl groups is 1. The molecule has 0 spiro atoms. The van der Waals surface area contributed by atoms with E-state index in [1.165, 1.54) is 38.1 Å². The van der Waals surface area contributed by atoms with Gasteiger partial charge in [0, 0.05) is 24.1 Å². The van der Waals surface area contributed by atoms with Crippen molar-refractivity contribution in [2.24, 2.45) is 17.8 Å². The summed E-state index contributed by atoms with van der Waals surface area (Å²) in [6.07, 6.45) is 0.296. The molecule has 184 valence electrons. The number of carbonyl (C=O) groups is 4. The molecule has 1 aromatic carbocycles. The Morgan fingerprint density at radius 3 is 2.18 bits per heavy atom. The van der Waals surface area contributed by atoms with Crippen molar-refractivity contribution >= 4 is 35.5 Å². The molecule has 1 aromatic rings.